The molecule has 2 heterocycles. The van der Waals surface area contributed by atoms with E-state index in [0.717, 1.165) is 0 Å². The van der Waals surface area contributed by atoms with E-state index in [2.05, 4.69) is 0 Å². The Kier molecular flexibility index (Phi) is 6.24. The number of carbonyl (C=O) groups is 1. The normalized spacial score (nSPS) is 13.0. The molecule has 31 heavy (non-hydrogen) atoms. The first-order chi connectivity index (χ1) is 14.5. The van der Waals surface area contributed by atoms with E-state index in [4.69, 9.17) is 0 Å². The van der Waals surface area contributed by atoms with Crippen molar-refractivity contribution in [2.45, 2.75) is 51.9 Å². The van der Waals surface area contributed by atoms with Gasteiger partial charge in [-0.05, 0) is 49.6 Å². The van der Waals surface area contributed by atoms with Crippen molar-refractivity contribution in [3.05, 3.63) is 69.5 Å². The highest BCUT2D eigenvalue weighted by molar-refractivity contribution is 5.88. The molecule has 0 aliphatic carbocycles. The maximum Gasteiger partial charge on any atom is 0.389 e. The lowest BCUT2D eigenvalue weighted by atomic mass is 10.0. The van der Waals surface area contributed by atoms with E-state index >= 15 is 0 Å². The second-order valence-electron chi connectivity index (χ2n) is 7.57. The number of aliphatic carboxylic acids is 1. The fraction of sp³-hybridized carbons (Fsp3) is 0.364. The molecule has 1 unspecified atom stereocenters. The Labute approximate surface area is 175 Å². The van der Waals surface area contributed by atoms with Crippen LogP contribution in [0.3, 0.4) is 0 Å². The molecule has 1 aromatic carbocycles. The molecule has 0 amide bonds. The van der Waals surface area contributed by atoms with Crippen molar-refractivity contribution in [1.29, 1.82) is 0 Å². The summed E-state index contributed by atoms with van der Waals surface area (Å²) in [4.78, 5) is 23.6. The molecule has 0 fully saturated rings. The number of rotatable bonds is 7. The molecule has 0 spiro atoms. The number of fused-ring (bicyclic) bond motifs is 1. The van der Waals surface area contributed by atoms with E-state index in [-0.39, 0.29) is 19.4 Å². The average molecular weight is 438 g/mol. The second-order valence-corrected chi connectivity index (χ2v) is 7.57. The number of alkyl halides is 3. The highest BCUT2D eigenvalue weighted by atomic mass is 19.4. The number of halogens is 4. The molecule has 0 aliphatic rings. The molecule has 5 nitrogen and oxygen atoms in total. The van der Waals surface area contributed by atoms with Gasteiger partial charge in [0, 0.05) is 48.2 Å². The van der Waals surface area contributed by atoms with Crippen molar-refractivity contribution in [1.82, 2.24) is 9.13 Å². The average Bonchev–Trinajstić information content (AvgIpc) is 2.93. The predicted molar refractivity (Wildman–Crippen MR) is 108 cm³/mol. The van der Waals surface area contributed by atoms with Crippen molar-refractivity contribution < 1.29 is 27.5 Å². The standard InChI is InChI=1S/C22H22F4N2O3/c1-13-17(18-11-16(23)5-6-19(18)28(13)14(2)21(30)31)10-15-4-7-20(29)27(12-15)9-3-8-22(24,25)26/h4-7,11-12,14H,3,8-10H2,1-2H3,(H,30,31). The van der Waals surface area contributed by atoms with Gasteiger partial charge in [0.25, 0.3) is 5.56 Å². The summed E-state index contributed by atoms with van der Waals surface area (Å²) in [6, 6.07) is 6.11. The van der Waals surface area contributed by atoms with Crippen LogP contribution in [0.5, 0.6) is 0 Å². The van der Waals surface area contributed by atoms with Crippen LogP contribution in [0.4, 0.5) is 17.6 Å². The fourth-order valence-electron chi connectivity index (χ4n) is 3.83. The first-order valence-corrected chi connectivity index (χ1v) is 9.76. The monoisotopic (exact) mass is 438 g/mol. The Morgan fingerprint density at radius 2 is 1.90 bits per heavy atom. The van der Waals surface area contributed by atoms with Crippen LogP contribution in [0.25, 0.3) is 10.9 Å². The number of aromatic nitrogens is 2. The van der Waals surface area contributed by atoms with Gasteiger partial charge < -0.3 is 14.2 Å². The first-order valence-electron chi connectivity index (χ1n) is 9.76. The maximum atomic E-state index is 13.9. The summed E-state index contributed by atoms with van der Waals surface area (Å²) in [5.74, 6) is -1.50. The lowest BCUT2D eigenvalue weighted by molar-refractivity contribution is -0.140. The molecule has 0 aliphatic heterocycles. The highest BCUT2D eigenvalue weighted by Crippen LogP contribution is 2.31. The molecule has 0 saturated heterocycles. The number of carboxylic acids is 1. The van der Waals surface area contributed by atoms with Gasteiger partial charge in [0.15, 0.2) is 0 Å². The van der Waals surface area contributed by atoms with Gasteiger partial charge in [0.1, 0.15) is 11.9 Å². The van der Waals surface area contributed by atoms with Crippen molar-refractivity contribution >= 4 is 16.9 Å². The zero-order valence-corrected chi connectivity index (χ0v) is 17.0. The molecular formula is C22H22F4N2O3. The Morgan fingerprint density at radius 1 is 1.19 bits per heavy atom. The molecular weight excluding hydrogens is 416 g/mol. The summed E-state index contributed by atoms with van der Waals surface area (Å²) in [7, 11) is 0. The van der Waals surface area contributed by atoms with Crippen LogP contribution >= 0.6 is 0 Å². The van der Waals surface area contributed by atoms with Crippen LogP contribution in [0, 0.1) is 12.7 Å². The largest absolute Gasteiger partial charge is 0.480 e. The second kappa shape index (κ2) is 8.56. The van der Waals surface area contributed by atoms with Crippen LogP contribution in [0.1, 0.15) is 42.6 Å². The van der Waals surface area contributed by atoms with E-state index in [0.29, 0.717) is 27.7 Å². The van der Waals surface area contributed by atoms with Crippen LogP contribution in [0.2, 0.25) is 0 Å². The number of carboxylic acid groups (broad SMARTS) is 1. The molecule has 0 bridgehead atoms. The Morgan fingerprint density at radius 3 is 2.55 bits per heavy atom. The topological polar surface area (TPSA) is 64.2 Å². The number of nitrogens with zero attached hydrogens (tertiary/aromatic N) is 2. The van der Waals surface area contributed by atoms with Gasteiger partial charge in [-0.25, -0.2) is 9.18 Å². The minimum atomic E-state index is -4.29. The smallest absolute Gasteiger partial charge is 0.389 e. The quantitative estimate of drug-likeness (QED) is 0.538. The molecule has 0 radical (unpaired) electrons. The summed E-state index contributed by atoms with van der Waals surface area (Å²) in [6.45, 7) is 3.20. The molecule has 3 rings (SSSR count). The molecule has 0 saturated carbocycles. The highest BCUT2D eigenvalue weighted by Gasteiger charge is 2.26. The van der Waals surface area contributed by atoms with Gasteiger partial charge >= 0.3 is 12.1 Å². The van der Waals surface area contributed by atoms with Gasteiger partial charge in [-0.2, -0.15) is 13.2 Å². The number of pyridine rings is 1. The zero-order valence-electron chi connectivity index (χ0n) is 17.0. The summed E-state index contributed by atoms with van der Waals surface area (Å²) >= 11 is 0. The van der Waals surface area contributed by atoms with Gasteiger partial charge in [0.05, 0.1) is 0 Å². The van der Waals surface area contributed by atoms with Crippen molar-refractivity contribution in [2.24, 2.45) is 0 Å². The predicted octanol–water partition coefficient (Wildman–Crippen LogP) is 4.83. The summed E-state index contributed by atoms with van der Waals surface area (Å²) < 4.78 is 54.0. The summed E-state index contributed by atoms with van der Waals surface area (Å²) in [5, 5.41) is 10.0. The van der Waals surface area contributed by atoms with E-state index < -0.39 is 36.0 Å². The molecule has 3 aromatic rings. The fourth-order valence-corrected chi connectivity index (χ4v) is 3.83. The van der Waals surface area contributed by atoms with E-state index in [1.54, 1.807) is 17.6 Å². The van der Waals surface area contributed by atoms with Gasteiger partial charge in [-0.1, -0.05) is 6.07 Å². The van der Waals surface area contributed by atoms with Crippen molar-refractivity contribution in [3.8, 4) is 0 Å². The van der Waals surface area contributed by atoms with E-state index in [1.807, 2.05) is 0 Å². The third-order valence-electron chi connectivity index (χ3n) is 5.37. The van der Waals surface area contributed by atoms with Crippen LogP contribution in [0.15, 0.2) is 41.3 Å². The SMILES string of the molecule is Cc1c(Cc2ccc(=O)n(CCCC(F)(F)F)c2)c2cc(F)ccc2n1C(C)C(=O)O. The number of hydrogen-bond acceptors (Lipinski definition) is 2. The molecule has 2 aromatic heterocycles. The minimum Gasteiger partial charge on any atom is -0.480 e. The third-order valence-corrected chi connectivity index (χ3v) is 5.37. The number of hydrogen-bond donors (Lipinski definition) is 1. The third kappa shape index (κ3) is 4.98. The Bertz CT molecular complexity index is 1180. The van der Waals surface area contributed by atoms with Crippen molar-refractivity contribution in [2.75, 3.05) is 0 Å². The van der Waals surface area contributed by atoms with E-state index in [9.17, 15) is 32.3 Å². The molecule has 1 N–H and O–H groups in total. The lowest BCUT2D eigenvalue weighted by Crippen LogP contribution is -2.20. The first kappa shape index (κ1) is 22.6. The number of aryl methyl sites for hydroxylation is 1. The summed E-state index contributed by atoms with van der Waals surface area (Å²) in [6.07, 6.45) is -3.72. The summed E-state index contributed by atoms with van der Waals surface area (Å²) in [5.41, 5.74) is 2.16. The molecule has 9 heteroatoms. The van der Waals surface area contributed by atoms with Gasteiger partial charge in [-0.15, -0.1) is 0 Å². The maximum absolute atomic E-state index is 13.9. The zero-order chi connectivity index (χ0) is 22.9. The lowest BCUT2D eigenvalue weighted by Gasteiger charge is -2.14. The minimum absolute atomic E-state index is 0.0718. The van der Waals surface area contributed by atoms with Crippen LogP contribution in [-0.2, 0) is 17.8 Å². The Balaban J connectivity index is 1.99. The number of benzene rings is 1. The molecule has 166 valence electrons. The van der Waals surface area contributed by atoms with E-state index in [1.165, 1.54) is 42.0 Å². The van der Waals surface area contributed by atoms with Crippen LogP contribution < -0.4 is 5.56 Å². The molecule has 1 atom stereocenters. The van der Waals surface area contributed by atoms with Crippen molar-refractivity contribution in [3.63, 3.8) is 0 Å². The van der Waals surface area contributed by atoms with Gasteiger partial charge in [-0.3, -0.25) is 4.79 Å². The Hall–Kier alpha value is -3.10. The van der Waals surface area contributed by atoms with Gasteiger partial charge in [0.2, 0.25) is 0 Å². The van der Waals surface area contributed by atoms with Crippen LogP contribution in [-0.4, -0.2) is 26.4 Å².